The zero-order valence-electron chi connectivity index (χ0n) is 28.9. The van der Waals surface area contributed by atoms with E-state index in [2.05, 4.69) is 34.4 Å². The number of anilines is 1. The van der Waals surface area contributed by atoms with Gasteiger partial charge in [0.2, 0.25) is 11.8 Å². The van der Waals surface area contributed by atoms with Crippen molar-refractivity contribution < 1.29 is 85.9 Å². The Hall–Kier alpha value is -2.19. The van der Waals surface area contributed by atoms with E-state index in [9.17, 15) is 63.3 Å². The Balaban J connectivity index is 1.50. The van der Waals surface area contributed by atoms with Crippen LogP contribution < -0.4 is 16.4 Å². The number of nitrogens with two attached hydrogens (primary N) is 1. The zero-order chi connectivity index (χ0) is 40.6. The highest BCUT2D eigenvalue weighted by molar-refractivity contribution is 7.99. The highest BCUT2D eigenvalue weighted by Crippen LogP contribution is 2.61. The van der Waals surface area contributed by atoms with Gasteiger partial charge in [-0.1, -0.05) is 13.8 Å². The van der Waals surface area contributed by atoms with Crippen LogP contribution in [0, 0.1) is 5.41 Å². The van der Waals surface area contributed by atoms with Gasteiger partial charge in [0.1, 0.15) is 36.3 Å². The molecule has 25 nitrogen and oxygen atoms in total. The second kappa shape index (κ2) is 19.3. The van der Waals surface area contributed by atoms with E-state index in [0.29, 0.717) is 5.75 Å². The second-order valence-corrected chi connectivity index (χ2v) is 17.8. The lowest BCUT2D eigenvalue weighted by Gasteiger charge is -2.30. The van der Waals surface area contributed by atoms with E-state index in [1.54, 1.807) is 0 Å². The SMILES string of the molecule is CC(O)C(O)CSCCNC(=O)CCNC(=O)[C@H](O)C(C)(C)COP(=O)(O)OP(=O)(O)OC[C@H]1O[C@@H](n2cnc3c(N)ncnc32)[C@H](O)[C@@H]1OP(=O)(O)O. The quantitative estimate of drug-likeness (QED) is 0.0445. The van der Waals surface area contributed by atoms with E-state index < -0.39 is 96.8 Å². The molecule has 308 valence electrons. The molecule has 3 heterocycles. The molecule has 1 saturated heterocycles. The van der Waals surface area contributed by atoms with Crippen LogP contribution in [-0.2, 0) is 45.9 Å². The molecule has 9 atom stereocenters. The van der Waals surface area contributed by atoms with Gasteiger partial charge in [-0.05, 0) is 6.92 Å². The Labute approximate surface area is 311 Å². The number of thioether (sulfide) groups is 1. The molecule has 4 unspecified atom stereocenters. The largest absolute Gasteiger partial charge is 0.481 e. The first-order valence-electron chi connectivity index (χ1n) is 15.8. The molecular formula is C25H44N7O18P3S. The number of aliphatic hydroxyl groups is 4. The summed E-state index contributed by atoms with van der Waals surface area (Å²) >= 11 is 1.31. The number of imidazole rings is 1. The summed E-state index contributed by atoms with van der Waals surface area (Å²) in [4.78, 5) is 75.4. The van der Waals surface area contributed by atoms with Crippen LogP contribution >= 0.6 is 35.2 Å². The molecule has 29 heteroatoms. The number of nitrogens with one attached hydrogen (secondary N) is 2. The van der Waals surface area contributed by atoms with Crippen LogP contribution in [0.5, 0.6) is 0 Å². The Morgan fingerprint density at radius 3 is 2.37 bits per heavy atom. The first kappa shape index (κ1) is 46.2. The Morgan fingerprint density at radius 1 is 1.06 bits per heavy atom. The maximum Gasteiger partial charge on any atom is 0.481 e. The molecule has 0 saturated carbocycles. The van der Waals surface area contributed by atoms with Crippen molar-refractivity contribution >= 4 is 64.0 Å². The zero-order valence-corrected chi connectivity index (χ0v) is 32.4. The minimum absolute atomic E-state index is 0.0286. The normalized spacial score (nSPS) is 23.3. The molecule has 2 amide bonds. The first-order valence-corrected chi connectivity index (χ1v) is 21.4. The van der Waals surface area contributed by atoms with Crippen LogP contribution in [0.1, 0.15) is 33.4 Å². The molecule has 12 N–H and O–H groups in total. The molecule has 1 fully saturated rings. The number of rotatable bonds is 22. The molecular weight excluding hydrogens is 811 g/mol. The Bertz CT molecular complexity index is 1730. The van der Waals surface area contributed by atoms with E-state index in [4.69, 9.17) is 19.5 Å². The number of nitrogens with zero attached hydrogens (tertiary/aromatic N) is 4. The molecule has 1 aliphatic rings. The first-order chi connectivity index (χ1) is 24.9. The van der Waals surface area contributed by atoms with Gasteiger partial charge in [-0.2, -0.15) is 16.1 Å². The van der Waals surface area contributed by atoms with Gasteiger partial charge in [0.15, 0.2) is 17.7 Å². The molecule has 3 rings (SSSR count). The number of ether oxygens (including phenoxy) is 1. The summed E-state index contributed by atoms with van der Waals surface area (Å²) in [5.41, 5.74) is 4.25. The highest BCUT2D eigenvalue weighted by Gasteiger charge is 2.50. The number of carbonyl (C=O) groups is 2. The van der Waals surface area contributed by atoms with E-state index in [-0.39, 0.29) is 42.2 Å². The number of carbonyl (C=O) groups excluding carboxylic acids is 2. The van der Waals surface area contributed by atoms with Crippen molar-refractivity contribution in [2.24, 2.45) is 5.41 Å². The summed E-state index contributed by atoms with van der Waals surface area (Å²) in [6.07, 6.45) is -8.70. The van der Waals surface area contributed by atoms with Crippen molar-refractivity contribution in [2.45, 2.75) is 70.0 Å². The molecule has 0 radical (unpaired) electrons. The number of amides is 2. The van der Waals surface area contributed by atoms with E-state index in [1.807, 2.05) is 0 Å². The topological polar surface area (TPSA) is 387 Å². The van der Waals surface area contributed by atoms with Crippen molar-refractivity contribution in [2.75, 3.05) is 43.5 Å². The fourth-order valence-corrected chi connectivity index (χ4v) is 8.31. The number of hydrogen-bond donors (Lipinski definition) is 11. The number of aliphatic hydroxyl groups excluding tert-OH is 4. The lowest BCUT2D eigenvalue weighted by molar-refractivity contribution is -0.137. The van der Waals surface area contributed by atoms with Crippen molar-refractivity contribution in [1.29, 1.82) is 0 Å². The van der Waals surface area contributed by atoms with Crippen LogP contribution in [0.15, 0.2) is 12.7 Å². The fraction of sp³-hybridized carbons (Fsp3) is 0.720. The minimum atomic E-state index is -5.57. The summed E-state index contributed by atoms with van der Waals surface area (Å²) in [6, 6.07) is 0. The number of fused-ring (bicyclic) bond motifs is 1. The van der Waals surface area contributed by atoms with Gasteiger partial charge in [-0.15, -0.1) is 0 Å². The van der Waals surface area contributed by atoms with Crippen LogP contribution in [0.3, 0.4) is 0 Å². The summed E-state index contributed by atoms with van der Waals surface area (Å²) < 4.78 is 62.0. The van der Waals surface area contributed by atoms with E-state index in [1.165, 1.54) is 32.5 Å². The molecule has 1 aliphatic heterocycles. The van der Waals surface area contributed by atoms with Gasteiger partial charge >= 0.3 is 23.5 Å². The average Bonchev–Trinajstić information content (AvgIpc) is 3.62. The third-order valence-corrected chi connectivity index (χ3v) is 11.7. The number of hydrogen-bond acceptors (Lipinski definition) is 19. The third-order valence-electron chi connectivity index (χ3n) is 7.49. The second-order valence-electron chi connectivity index (χ2n) is 12.5. The maximum absolute atomic E-state index is 12.6. The van der Waals surface area contributed by atoms with Gasteiger partial charge in [0.25, 0.3) is 0 Å². The Morgan fingerprint density at radius 2 is 1.72 bits per heavy atom. The molecule has 0 spiro atoms. The molecule has 0 aliphatic carbocycles. The van der Waals surface area contributed by atoms with Crippen molar-refractivity contribution in [3.63, 3.8) is 0 Å². The maximum atomic E-state index is 12.6. The Kier molecular flexibility index (Phi) is 16.5. The highest BCUT2D eigenvalue weighted by atomic mass is 32.2. The number of nitrogen functional groups attached to an aromatic ring is 1. The van der Waals surface area contributed by atoms with Crippen molar-refractivity contribution in [1.82, 2.24) is 30.2 Å². The summed E-state index contributed by atoms with van der Waals surface area (Å²) in [6.45, 7) is 1.99. The lowest BCUT2D eigenvalue weighted by Crippen LogP contribution is -2.46. The predicted molar refractivity (Wildman–Crippen MR) is 185 cm³/mol. The van der Waals surface area contributed by atoms with Crippen LogP contribution in [0.2, 0.25) is 0 Å². The monoisotopic (exact) mass is 855 g/mol. The summed E-state index contributed by atoms with van der Waals surface area (Å²) in [5.74, 6) is -0.720. The number of aromatic nitrogens is 4. The third kappa shape index (κ3) is 13.8. The molecule has 0 aromatic carbocycles. The lowest BCUT2D eigenvalue weighted by atomic mass is 9.87. The molecule has 2 aromatic heterocycles. The summed E-state index contributed by atoms with van der Waals surface area (Å²) in [5, 5.41) is 45.1. The molecule has 2 aromatic rings. The van der Waals surface area contributed by atoms with Gasteiger partial charge in [-0.25, -0.2) is 28.6 Å². The van der Waals surface area contributed by atoms with Gasteiger partial charge in [-0.3, -0.25) is 27.7 Å². The fourth-order valence-electron chi connectivity index (χ4n) is 4.55. The van der Waals surface area contributed by atoms with Gasteiger partial charge in [0, 0.05) is 36.4 Å². The standard InChI is InChI=1S/C25H44N7O18P3S/c1-13(33)14(34)9-54-7-6-27-16(35)4-5-28-23(38)20(37)25(2,3)10-47-53(44,45)50-52(42,43)46-8-15-19(49-51(39,40)41)18(36)24(48-15)32-12-31-17-21(26)29-11-30-22(17)32/h11-15,18-20,24,33-34,36-37H,4-10H2,1-3H3,(H,27,35)(H,28,38)(H,42,43)(H,44,45)(H2,26,29,30)(H2,39,40,41)/t13?,14?,15-,18-,19-,20+,24-/m1/s1. The molecule has 0 bridgehead atoms. The van der Waals surface area contributed by atoms with Crippen molar-refractivity contribution in [3.05, 3.63) is 12.7 Å². The molecule has 54 heavy (non-hydrogen) atoms. The van der Waals surface area contributed by atoms with Gasteiger partial charge in [0.05, 0.1) is 31.7 Å². The van der Waals surface area contributed by atoms with Crippen molar-refractivity contribution in [3.8, 4) is 0 Å². The number of phosphoric ester groups is 3. The van der Waals surface area contributed by atoms with Crippen LogP contribution in [-0.4, -0.2) is 146 Å². The average molecular weight is 856 g/mol. The minimum Gasteiger partial charge on any atom is -0.391 e. The van der Waals surface area contributed by atoms with Crippen LogP contribution in [0.25, 0.3) is 11.2 Å². The van der Waals surface area contributed by atoms with Crippen LogP contribution in [0.4, 0.5) is 5.82 Å². The summed E-state index contributed by atoms with van der Waals surface area (Å²) in [7, 11) is -16.4. The predicted octanol–water partition coefficient (Wildman–Crippen LogP) is -2.12. The van der Waals surface area contributed by atoms with E-state index in [0.717, 1.165) is 17.2 Å². The number of phosphoric acid groups is 3. The van der Waals surface area contributed by atoms with Gasteiger partial charge < -0.3 is 61.1 Å². The smallest absolute Gasteiger partial charge is 0.391 e. The van der Waals surface area contributed by atoms with E-state index >= 15 is 0 Å².